The van der Waals surface area contributed by atoms with Crippen LogP contribution in [0, 0.1) is 5.82 Å². The molecule has 0 saturated heterocycles. The van der Waals surface area contributed by atoms with Gasteiger partial charge in [-0.1, -0.05) is 17.7 Å². The van der Waals surface area contributed by atoms with E-state index in [0.29, 0.717) is 17.9 Å². The lowest BCUT2D eigenvalue weighted by Gasteiger charge is -2.07. The molecular formula is C17H16ClFN4O3S. The van der Waals surface area contributed by atoms with Gasteiger partial charge in [-0.25, -0.2) is 22.2 Å². The summed E-state index contributed by atoms with van der Waals surface area (Å²) in [6, 6.07) is 10.0. The number of ether oxygens (including phenoxy) is 1. The zero-order chi connectivity index (χ0) is 19.4. The Bertz CT molecular complexity index is 1040. The number of aromatic nitrogens is 3. The van der Waals surface area contributed by atoms with E-state index >= 15 is 0 Å². The van der Waals surface area contributed by atoms with E-state index in [0.717, 1.165) is 0 Å². The van der Waals surface area contributed by atoms with Crippen molar-refractivity contribution in [3.8, 4) is 5.75 Å². The Morgan fingerprint density at radius 2 is 1.96 bits per heavy atom. The van der Waals surface area contributed by atoms with Crippen LogP contribution in [0.1, 0.15) is 12.5 Å². The minimum absolute atomic E-state index is 0.0592. The molecule has 3 rings (SSSR count). The van der Waals surface area contributed by atoms with Crippen LogP contribution in [0.5, 0.6) is 5.75 Å². The van der Waals surface area contributed by atoms with Gasteiger partial charge >= 0.3 is 0 Å². The number of halogens is 2. The molecule has 2 aromatic carbocycles. The van der Waals surface area contributed by atoms with Gasteiger partial charge in [0.2, 0.25) is 0 Å². The highest BCUT2D eigenvalue weighted by Crippen LogP contribution is 2.20. The van der Waals surface area contributed by atoms with Crippen molar-refractivity contribution in [3.05, 3.63) is 65.2 Å². The van der Waals surface area contributed by atoms with Gasteiger partial charge in [0.1, 0.15) is 17.9 Å². The molecule has 0 amide bonds. The van der Waals surface area contributed by atoms with E-state index in [1.807, 2.05) is 6.92 Å². The smallest absolute Gasteiger partial charge is 0.264 e. The Morgan fingerprint density at radius 3 is 2.63 bits per heavy atom. The number of hydrogen-bond donors (Lipinski definition) is 1. The molecule has 142 valence electrons. The SMILES string of the molecule is CCOc1ccc(S(=O)(=O)Nc2ncn(Cc3ccc(F)cc3Cl)n2)cc1. The van der Waals surface area contributed by atoms with E-state index in [9.17, 15) is 12.8 Å². The van der Waals surface area contributed by atoms with Gasteiger partial charge in [-0.2, -0.15) is 4.98 Å². The topological polar surface area (TPSA) is 86.1 Å². The summed E-state index contributed by atoms with van der Waals surface area (Å²) in [6.45, 7) is 2.55. The monoisotopic (exact) mass is 410 g/mol. The predicted molar refractivity (Wildman–Crippen MR) is 99.0 cm³/mol. The van der Waals surface area contributed by atoms with Gasteiger partial charge in [-0.3, -0.25) is 0 Å². The van der Waals surface area contributed by atoms with Crippen LogP contribution in [0.25, 0.3) is 0 Å². The highest BCUT2D eigenvalue weighted by atomic mass is 35.5. The Morgan fingerprint density at radius 1 is 1.22 bits per heavy atom. The Labute approximate surface area is 160 Å². The third kappa shape index (κ3) is 4.75. The fraction of sp³-hybridized carbons (Fsp3) is 0.176. The Hall–Kier alpha value is -2.65. The maximum atomic E-state index is 13.1. The lowest BCUT2D eigenvalue weighted by molar-refractivity contribution is 0.340. The molecule has 0 aliphatic heterocycles. The van der Waals surface area contributed by atoms with E-state index in [-0.39, 0.29) is 22.4 Å². The quantitative estimate of drug-likeness (QED) is 0.645. The molecule has 3 aromatic rings. The zero-order valence-electron chi connectivity index (χ0n) is 14.3. The molecule has 0 fully saturated rings. The highest BCUT2D eigenvalue weighted by molar-refractivity contribution is 7.92. The molecule has 7 nitrogen and oxygen atoms in total. The van der Waals surface area contributed by atoms with E-state index in [1.54, 1.807) is 12.1 Å². The maximum Gasteiger partial charge on any atom is 0.264 e. The van der Waals surface area contributed by atoms with E-state index < -0.39 is 15.8 Å². The molecule has 0 spiro atoms. The molecular weight excluding hydrogens is 395 g/mol. The molecule has 0 unspecified atom stereocenters. The minimum Gasteiger partial charge on any atom is -0.494 e. The molecule has 0 atom stereocenters. The first kappa shape index (κ1) is 19.1. The molecule has 1 N–H and O–H groups in total. The van der Waals surface area contributed by atoms with Crippen molar-refractivity contribution in [3.63, 3.8) is 0 Å². The third-order valence-corrected chi connectivity index (χ3v) is 5.25. The third-order valence-electron chi connectivity index (χ3n) is 3.55. The summed E-state index contributed by atoms with van der Waals surface area (Å²) in [5.41, 5.74) is 0.629. The van der Waals surface area contributed by atoms with Crippen LogP contribution in [0.15, 0.2) is 53.7 Å². The molecule has 0 radical (unpaired) electrons. The van der Waals surface area contributed by atoms with Crippen LogP contribution in [0.3, 0.4) is 0 Å². The van der Waals surface area contributed by atoms with Crippen molar-refractivity contribution < 1.29 is 17.5 Å². The normalized spacial score (nSPS) is 11.4. The second kappa shape index (κ2) is 7.93. The first-order chi connectivity index (χ1) is 12.9. The summed E-state index contributed by atoms with van der Waals surface area (Å²) in [4.78, 5) is 4.00. The minimum atomic E-state index is -3.84. The molecule has 27 heavy (non-hydrogen) atoms. The summed E-state index contributed by atoms with van der Waals surface area (Å²) in [5, 5.41) is 4.32. The van der Waals surface area contributed by atoms with Gasteiger partial charge in [-0.15, -0.1) is 5.10 Å². The number of anilines is 1. The number of benzene rings is 2. The Kier molecular flexibility index (Phi) is 5.62. The zero-order valence-corrected chi connectivity index (χ0v) is 15.8. The first-order valence-corrected chi connectivity index (χ1v) is 9.82. The fourth-order valence-electron chi connectivity index (χ4n) is 2.30. The molecule has 10 heteroatoms. The number of hydrogen-bond acceptors (Lipinski definition) is 5. The van der Waals surface area contributed by atoms with Crippen LogP contribution < -0.4 is 9.46 Å². The fourth-order valence-corrected chi connectivity index (χ4v) is 3.48. The average Bonchev–Trinajstić information content (AvgIpc) is 3.04. The first-order valence-electron chi connectivity index (χ1n) is 7.96. The summed E-state index contributed by atoms with van der Waals surface area (Å²) in [7, 11) is -3.84. The van der Waals surface area contributed by atoms with Crippen molar-refractivity contribution >= 4 is 27.6 Å². The van der Waals surface area contributed by atoms with Gasteiger partial charge < -0.3 is 4.74 Å². The van der Waals surface area contributed by atoms with Gasteiger partial charge in [0, 0.05) is 5.02 Å². The number of sulfonamides is 1. The van der Waals surface area contributed by atoms with Crippen molar-refractivity contribution in [2.75, 3.05) is 11.3 Å². The van der Waals surface area contributed by atoms with Crippen LogP contribution in [0.2, 0.25) is 5.02 Å². The van der Waals surface area contributed by atoms with Crippen molar-refractivity contribution in [2.24, 2.45) is 0 Å². The average molecular weight is 411 g/mol. The van der Waals surface area contributed by atoms with E-state index in [1.165, 1.54) is 41.3 Å². The van der Waals surface area contributed by atoms with Crippen LogP contribution >= 0.6 is 11.6 Å². The van der Waals surface area contributed by atoms with Gasteiger partial charge in [0.05, 0.1) is 18.0 Å². The molecule has 0 saturated carbocycles. The van der Waals surface area contributed by atoms with Gasteiger partial charge in [0.15, 0.2) is 0 Å². The van der Waals surface area contributed by atoms with Crippen LogP contribution in [0.4, 0.5) is 10.3 Å². The van der Waals surface area contributed by atoms with Gasteiger partial charge in [-0.05, 0) is 48.9 Å². The lowest BCUT2D eigenvalue weighted by Crippen LogP contribution is -2.14. The number of nitrogens with one attached hydrogen (secondary N) is 1. The predicted octanol–water partition coefficient (Wildman–Crippen LogP) is 3.32. The summed E-state index contributed by atoms with van der Waals surface area (Å²) in [5.74, 6) is 0.0586. The maximum absolute atomic E-state index is 13.1. The molecule has 0 bridgehead atoms. The van der Waals surface area contributed by atoms with E-state index in [2.05, 4.69) is 14.8 Å². The van der Waals surface area contributed by atoms with Gasteiger partial charge in [0.25, 0.3) is 16.0 Å². The van der Waals surface area contributed by atoms with E-state index in [4.69, 9.17) is 16.3 Å². The largest absolute Gasteiger partial charge is 0.494 e. The summed E-state index contributed by atoms with van der Waals surface area (Å²) in [6.07, 6.45) is 1.36. The molecule has 0 aliphatic rings. The molecule has 1 aromatic heterocycles. The molecule has 0 aliphatic carbocycles. The summed E-state index contributed by atoms with van der Waals surface area (Å²) >= 11 is 5.98. The van der Waals surface area contributed by atoms with Crippen molar-refractivity contribution in [2.45, 2.75) is 18.4 Å². The second-order valence-corrected chi connectivity index (χ2v) is 7.60. The lowest BCUT2D eigenvalue weighted by atomic mass is 10.2. The number of rotatable bonds is 7. The Balaban J connectivity index is 1.72. The number of nitrogens with zero attached hydrogens (tertiary/aromatic N) is 3. The van der Waals surface area contributed by atoms with Crippen LogP contribution in [-0.2, 0) is 16.6 Å². The van der Waals surface area contributed by atoms with Crippen molar-refractivity contribution in [1.29, 1.82) is 0 Å². The van der Waals surface area contributed by atoms with Crippen LogP contribution in [-0.4, -0.2) is 29.8 Å². The second-order valence-electron chi connectivity index (χ2n) is 5.51. The van der Waals surface area contributed by atoms with Crippen molar-refractivity contribution in [1.82, 2.24) is 14.8 Å². The summed E-state index contributed by atoms with van der Waals surface area (Å²) < 4.78 is 47.0. The molecule has 1 heterocycles. The highest BCUT2D eigenvalue weighted by Gasteiger charge is 2.17. The standard InChI is InChI=1S/C17H16ClFN4O3S/c1-2-26-14-5-7-15(8-6-14)27(24,25)22-17-20-11-23(21-17)10-12-3-4-13(19)9-16(12)18/h3-9,11H,2,10H2,1H3,(H,21,22).